The zero-order valence-corrected chi connectivity index (χ0v) is 9.82. The zero-order valence-electron chi connectivity index (χ0n) is 9.82. The van der Waals surface area contributed by atoms with Gasteiger partial charge in [0.2, 0.25) is 0 Å². The highest BCUT2D eigenvalue weighted by molar-refractivity contribution is 5.21. The maximum absolute atomic E-state index is 9.09. The molecule has 1 fully saturated rings. The van der Waals surface area contributed by atoms with Crippen LogP contribution in [0.3, 0.4) is 0 Å². The molecule has 1 aliphatic rings. The van der Waals surface area contributed by atoms with Gasteiger partial charge in [0.25, 0.3) is 0 Å². The molecule has 0 amide bonds. The molecular weight excluding hydrogens is 196 g/mol. The van der Waals surface area contributed by atoms with Crippen molar-refractivity contribution in [3.05, 3.63) is 35.4 Å². The molecule has 0 saturated carbocycles. The largest absolute Gasteiger partial charge is 0.284 e. The van der Waals surface area contributed by atoms with Crippen LogP contribution in [0.4, 0.5) is 0 Å². The number of rotatable bonds is 2. The highest BCUT2D eigenvalue weighted by Crippen LogP contribution is 2.19. The van der Waals surface area contributed by atoms with Crippen molar-refractivity contribution in [2.75, 3.05) is 6.54 Å². The SMILES string of the molecule is Cc1ccc(CN2CCCCC2C#N)cc1. The van der Waals surface area contributed by atoms with Crippen LogP contribution >= 0.6 is 0 Å². The molecule has 0 spiro atoms. The average molecular weight is 214 g/mol. The first kappa shape index (κ1) is 11.2. The molecule has 84 valence electrons. The van der Waals surface area contributed by atoms with Crippen LogP contribution in [0.1, 0.15) is 30.4 Å². The molecule has 0 aliphatic carbocycles. The van der Waals surface area contributed by atoms with Gasteiger partial charge in [0.15, 0.2) is 0 Å². The summed E-state index contributed by atoms with van der Waals surface area (Å²) in [6.45, 7) is 4.08. The van der Waals surface area contributed by atoms with Gasteiger partial charge >= 0.3 is 0 Å². The lowest BCUT2D eigenvalue weighted by molar-refractivity contribution is 0.176. The Kier molecular flexibility index (Phi) is 3.58. The van der Waals surface area contributed by atoms with E-state index in [0.717, 1.165) is 19.5 Å². The van der Waals surface area contributed by atoms with Crippen LogP contribution < -0.4 is 0 Å². The lowest BCUT2D eigenvalue weighted by atomic mass is 10.0. The molecule has 0 bridgehead atoms. The van der Waals surface area contributed by atoms with E-state index < -0.39 is 0 Å². The van der Waals surface area contributed by atoms with Crippen LogP contribution in [0.15, 0.2) is 24.3 Å². The number of nitriles is 1. The highest BCUT2D eigenvalue weighted by atomic mass is 15.2. The molecule has 0 radical (unpaired) electrons. The molecular formula is C14H18N2. The summed E-state index contributed by atoms with van der Waals surface area (Å²) >= 11 is 0. The summed E-state index contributed by atoms with van der Waals surface area (Å²) in [4.78, 5) is 2.30. The highest BCUT2D eigenvalue weighted by Gasteiger charge is 2.21. The van der Waals surface area contributed by atoms with Crippen molar-refractivity contribution in [1.82, 2.24) is 4.90 Å². The molecule has 1 unspecified atom stereocenters. The van der Waals surface area contributed by atoms with Gasteiger partial charge in [-0.2, -0.15) is 5.26 Å². The van der Waals surface area contributed by atoms with Crippen molar-refractivity contribution in [1.29, 1.82) is 5.26 Å². The third kappa shape index (κ3) is 2.62. The first-order valence-corrected chi connectivity index (χ1v) is 5.99. The predicted molar refractivity (Wildman–Crippen MR) is 64.8 cm³/mol. The number of aryl methyl sites for hydroxylation is 1. The van der Waals surface area contributed by atoms with Gasteiger partial charge in [-0.1, -0.05) is 29.8 Å². The van der Waals surface area contributed by atoms with E-state index in [-0.39, 0.29) is 6.04 Å². The van der Waals surface area contributed by atoms with Gasteiger partial charge in [0.05, 0.1) is 12.1 Å². The van der Waals surface area contributed by atoms with E-state index in [2.05, 4.69) is 42.2 Å². The second-order valence-electron chi connectivity index (χ2n) is 4.60. The Morgan fingerprint density at radius 2 is 2.06 bits per heavy atom. The molecule has 2 nitrogen and oxygen atoms in total. The summed E-state index contributed by atoms with van der Waals surface area (Å²) in [5, 5.41) is 9.09. The molecule has 2 heteroatoms. The average Bonchev–Trinajstić information content (AvgIpc) is 2.33. The molecule has 1 atom stereocenters. The van der Waals surface area contributed by atoms with E-state index in [9.17, 15) is 0 Å². The van der Waals surface area contributed by atoms with Gasteiger partial charge in [0.1, 0.15) is 0 Å². The fourth-order valence-corrected chi connectivity index (χ4v) is 2.25. The predicted octanol–water partition coefficient (Wildman–Crippen LogP) is 2.87. The molecule has 1 heterocycles. The first-order valence-electron chi connectivity index (χ1n) is 5.99. The van der Waals surface area contributed by atoms with E-state index in [1.165, 1.54) is 24.0 Å². The quantitative estimate of drug-likeness (QED) is 0.757. The summed E-state index contributed by atoms with van der Waals surface area (Å²) < 4.78 is 0. The molecule has 2 rings (SSSR count). The first-order chi connectivity index (χ1) is 7.79. The van der Waals surface area contributed by atoms with Gasteiger partial charge in [-0.15, -0.1) is 0 Å². The van der Waals surface area contributed by atoms with Gasteiger partial charge in [-0.25, -0.2) is 0 Å². The molecule has 1 aromatic carbocycles. The number of likely N-dealkylation sites (tertiary alicyclic amines) is 1. The fourth-order valence-electron chi connectivity index (χ4n) is 2.25. The third-order valence-corrected chi connectivity index (χ3v) is 3.27. The lowest BCUT2D eigenvalue weighted by Crippen LogP contribution is -2.37. The number of benzene rings is 1. The van der Waals surface area contributed by atoms with Crippen LogP contribution in [0.2, 0.25) is 0 Å². The Morgan fingerprint density at radius 1 is 1.31 bits per heavy atom. The standard InChI is InChI=1S/C14H18N2/c1-12-5-7-13(8-6-12)11-16-9-3-2-4-14(16)10-15/h5-8,14H,2-4,9,11H2,1H3. The van der Waals surface area contributed by atoms with Crippen molar-refractivity contribution in [2.45, 2.75) is 38.8 Å². The topological polar surface area (TPSA) is 27.0 Å². The molecule has 0 N–H and O–H groups in total. The summed E-state index contributed by atoms with van der Waals surface area (Å²) in [6, 6.07) is 11.1. The van der Waals surface area contributed by atoms with Gasteiger partial charge in [-0.05, 0) is 38.3 Å². The molecule has 0 aromatic heterocycles. The molecule has 1 aliphatic heterocycles. The number of hydrogen-bond donors (Lipinski definition) is 0. The number of piperidine rings is 1. The van der Waals surface area contributed by atoms with Gasteiger partial charge < -0.3 is 0 Å². The van der Waals surface area contributed by atoms with Crippen molar-refractivity contribution in [2.24, 2.45) is 0 Å². The fraction of sp³-hybridized carbons (Fsp3) is 0.500. The molecule has 16 heavy (non-hydrogen) atoms. The summed E-state index contributed by atoms with van der Waals surface area (Å²) in [5.74, 6) is 0. The lowest BCUT2D eigenvalue weighted by Gasteiger charge is -2.31. The molecule has 1 saturated heterocycles. The number of hydrogen-bond acceptors (Lipinski definition) is 2. The van der Waals surface area contributed by atoms with Crippen LogP contribution in [0.5, 0.6) is 0 Å². The number of nitrogens with zero attached hydrogens (tertiary/aromatic N) is 2. The minimum absolute atomic E-state index is 0.120. The third-order valence-electron chi connectivity index (χ3n) is 3.27. The Bertz CT molecular complexity index is 375. The van der Waals surface area contributed by atoms with Crippen molar-refractivity contribution in [3.63, 3.8) is 0 Å². The monoisotopic (exact) mass is 214 g/mol. The maximum Gasteiger partial charge on any atom is 0.0980 e. The summed E-state index contributed by atoms with van der Waals surface area (Å²) in [7, 11) is 0. The van der Waals surface area contributed by atoms with Crippen molar-refractivity contribution < 1.29 is 0 Å². The zero-order chi connectivity index (χ0) is 11.4. The minimum Gasteiger partial charge on any atom is -0.284 e. The smallest absolute Gasteiger partial charge is 0.0980 e. The van der Waals surface area contributed by atoms with Crippen LogP contribution in [0, 0.1) is 18.3 Å². The van der Waals surface area contributed by atoms with Crippen molar-refractivity contribution in [3.8, 4) is 6.07 Å². The maximum atomic E-state index is 9.09. The van der Waals surface area contributed by atoms with E-state index in [1.807, 2.05) is 0 Å². The minimum atomic E-state index is 0.120. The summed E-state index contributed by atoms with van der Waals surface area (Å²) in [5.41, 5.74) is 2.60. The van der Waals surface area contributed by atoms with Crippen LogP contribution in [0.25, 0.3) is 0 Å². The Morgan fingerprint density at radius 3 is 2.75 bits per heavy atom. The molecule has 1 aromatic rings. The normalized spacial score (nSPS) is 21.6. The Hall–Kier alpha value is -1.33. The van der Waals surface area contributed by atoms with Gasteiger partial charge in [-0.3, -0.25) is 4.90 Å². The van der Waals surface area contributed by atoms with Crippen LogP contribution in [-0.4, -0.2) is 17.5 Å². The second kappa shape index (κ2) is 5.14. The van der Waals surface area contributed by atoms with E-state index in [1.54, 1.807) is 0 Å². The Labute approximate surface area is 97.5 Å². The Balaban J connectivity index is 2.02. The van der Waals surface area contributed by atoms with E-state index in [0.29, 0.717) is 0 Å². The van der Waals surface area contributed by atoms with Gasteiger partial charge in [0, 0.05) is 6.54 Å². The second-order valence-corrected chi connectivity index (χ2v) is 4.60. The van der Waals surface area contributed by atoms with E-state index >= 15 is 0 Å². The van der Waals surface area contributed by atoms with E-state index in [4.69, 9.17) is 5.26 Å². The summed E-state index contributed by atoms with van der Waals surface area (Å²) in [6.07, 6.45) is 3.45. The van der Waals surface area contributed by atoms with Crippen molar-refractivity contribution >= 4 is 0 Å². The van der Waals surface area contributed by atoms with Crippen LogP contribution in [-0.2, 0) is 6.54 Å².